The van der Waals surface area contributed by atoms with Gasteiger partial charge in [0.05, 0.1) is 0 Å². The topological polar surface area (TPSA) is 59.5 Å². The molecule has 1 aromatic carbocycles. The number of phenolic OH excluding ortho intramolecular Hbond substituents is 1. The molecular formula is C15H22N2O2. The SMILES string of the molecule is CO.Oc1cccc2[nH]cc(CCN3CCCC3)c12. The molecule has 1 saturated heterocycles. The Hall–Kier alpha value is -1.52. The molecule has 2 heterocycles. The molecule has 0 atom stereocenters. The summed E-state index contributed by atoms with van der Waals surface area (Å²) in [6, 6.07) is 5.64. The minimum atomic E-state index is 0.389. The van der Waals surface area contributed by atoms with Crippen molar-refractivity contribution in [1.29, 1.82) is 0 Å². The van der Waals surface area contributed by atoms with E-state index in [0.717, 1.165) is 31.0 Å². The minimum Gasteiger partial charge on any atom is -0.507 e. The van der Waals surface area contributed by atoms with E-state index in [1.165, 1.54) is 31.5 Å². The number of phenols is 1. The van der Waals surface area contributed by atoms with Gasteiger partial charge in [-0.05, 0) is 50.0 Å². The summed E-state index contributed by atoms with van der Waals surface area (Å²) in [6.45, 7) is 3.56. The van der Waals surface area contributed by atoms with Crippen LogP contribution in [0.5, 0.6) is 5.75 Å². The van der Waals surface area contributed by atoms with E-state index in [1.807, 2.05) is 18.3 Å². The number of rotatable bonds is 3. The number of aromatic nitrogens is 1. The Morgan fingerprint density at radius 2 is 1.95 bits per heavy atom. The number of hydrogen-bond donors (Lipinski definition) is 3. The van der Waals surface area contributed by atoms with Crippen molar-refractivity contribution in [3.63, 3.8) is 0 Å². The van der Waals surface area contributed by atoms with Gasteiger partial charge in [0, 0.05) is 30.8 Å². The lowest BCUT2D eigenvalue weighted by Gasteiger charge is -2.13. The molecule has 2 aromatic rings. The van der Waals surface area contributed by atoms with Crippen LogP contribution in [0.15, 0.2) is 24.4 Å². The molecule has 1 fully saturated rings. The van der Waals surface area contributed by atoms with Crippen LogP contribution in [0.1, 0.15) is 18.4 Å². The summed E-state index contributed by atoms with van der Waals surface area (Å²) < 4.78 is 0. The maximum atomic E-state index is 9.90. The molecule has 1 aliphatic heterocycles. The van der Waals surface area contributed by atoms with Gasteiger partial charge in [0.15, 0.2) is 0 Å². The molecule has 19 heavy (non-hydrogen) atoms. The van der Waals surface area contributed by atoms with E-state index >= 15 is 0 Å². The normalized spacial score (nSPS) is 15.5. The largest absolute Gasteiger partial charge is 0.507 e. The Bertz CT molecular complexity index is 516. The highest BCUT2D eigenvalue weighted by Gasteiger charge is 2.13. The fourth-order valence-electron chi connectivity index (χ4n) is 2.72. The van der Waals surface area contributed by atoms with Crippen LogP contribution in [0.4, 0.5) is 0 Å². The monoisotopic (exact) mass is 262 g/mol. The summed E-state index contributed by atoms with van der Waals surface area (Å²) in [5.74, 6) is 0.389. The van der Waals surface area contributed by atoms with E-state index in [2.05, 4.69) is 9.88 Å². The number of hydrogen-bond acceptors (Lipinski definition) is 3. The van der Waals surface area contributed by atoms with Crippen molar-refractivity contribution in [1.82, 2.24) is 9.88 Å². The molecule has 0 bridgehead atoms. The molecule has 0 saturated carbocycles. The van der Waals surface area contributed by atoms with Crippen molar-refractivity contribution in [3.8, 4) is 5.75 Å². The number of nitrogens with zero attached hydrogens (tertiary/aromatic N) is 1. The Kier molecular flexibility index (Phi) is 4.82. The highest BCUT2D eigenvalue weighted by atomic mass is 16.3. The van der Waals surface area contributed by atoms with Gasteiger partial charge in [0.2, 0.25) is 0 Å². The van der Waals surface area contributed by atoms with Crippen LogP contribution in [0.2, 0.25) is 0 Å². The molecule has 104 valence electrons. The van der Waals surface area contributed by atoms with Gasteiger partial charge in [0.1, 0.15) is 5.75 Å². The van der Waals surface area contributed by atoms with Gasteiger partial charge in [-0.15, -0.1) is 0 Å². The second-order valence-corrected chi connectivity index (χ2v) is 4.81. The fourth-order valence-corrected chi connectivity index (χ4v) is 2.72. The summed E-state index contributed by atoms with van der Waals surface area (Å²) >= 11 is 0. The van der Waals surface area contributed by atoms with Crippen molar-refractivity contribution in [2.45, 2.75) is 19.3 Å². The molecular weight excluding hydrogens is 240 g/mol. The standard InChI is InChI=1S/C14H18N2O.CH4O/c17-13-5-3-4-12-14(13)11(10-15-12)6-9-16-7-1-2-8-16;1-2/h3-5,10,15,17H,1-2,6-9H2;2H,1H3. The highest BCUT2D eigenvalue weighted by molar-refractivity contribution is 5.88. The molecule has 4 heteroatoms. The first-order chi connectivity index (χ1) is 9.34. The van der Waals surface area contributed by atoms with Gasteiger partial charge in [0.25, 0.3) is 0 Å². The maximum absolute atomic E-state index is 9.90. The number of aromatic amines is 1. The Labute approximate surface area is 113 Å². The second-order valence-electron chi connectivity index (χ2n) is 4.81. The fraction of sp³-hybridized carbons (Fsp3) is 0.467. The average Bonchev–Trinajstić information content (AvgIpc) is 3.08. The molecule has 1 aliphatic rings. The summed E-state index contributed by atoms with van der Waals surface area (Å²) in [4.78, 5) is 5.72. The van der Waals surface area contributed by atoms with Crippen LogP contribution >= 0.6 is 0 Å². The first-order valence-electron chi connectivity index (χ1n) is 6.79. The molecule has 0 unspecified atom stereocenters. The van der Waals surface area contributed by atoms with Crippen LogP contribution in [-0.4, -0.2) is 46.8 Å². The molecule has 0 amide bonds. The van der Waals surface area contributed by atoms with Crippen LogP contribution in [0.3, 0.4) is 0 Å². The molecule has 0 spiro atoms. The number of aliphatic hydroxyl groups is 1. The van der Waals surface area contributed by atoms with Crippen molar-refractivity contribution < 1.29 is 10.2 Å². The quantitative estimate of drug-likeness (QED) is 0.794. The van der Waals surface area contributed by atoms with Crippen LogP contribution in [0, 0.1) is 0 Å². The van der Waals surface area contributed by atoms with Gasteiger partial charge in [-0.2, -0.15) is 0 Å². The second kappa shape index (κ2) is 6.59. The van der Waals surface area contributed by atoms with Gasteiger partial charge >= 0.3 is 0 Å². The Morgan fingerprint density at radius 1 is 1.21 bits per heavy atom. The van der Waals surface area contributed by atoms with Gasteiger partial charge < -0.3 is 20.1 Å². The summed E-state index contributed by atoms with van der Waals surface area (Å²) in [5, 5.41) is 17.9. The lowest BCUT2D eigenvalue weighted by Crippen LogP contribution is -2.21. The highest BCUT2D eigenvalue weighted by Crippen LogP contribution is 2.28. The predicted molar refractivity (Wildman–Crippen MR) is 77.5 cm³/mol. The van der Waals surface area contributed by atoms with Gasteiger partial charge in [-0.25, -0.2) is 0 Å². The first-order valence-corrected chi connectivity index (χ1v) is 6.79. The van der Waals surface area contributed by atoms with E-state index in [9.17, 15) is 5.11 Å². The first kappa shape index (κ1) is 13.9. The number of likely N-dealkylation sites (tertiary alicyclic amines) is 1. The van der Waals surface area contributed by atoms with E-state index in [-0.39, 0.29) is 0 Å². The van der Waals surface area contributed by atoms with E-state index in [4.69, 9.17) is 5.11 Å². The van der Waals surface area contributed by atoms with E-state index < -0.39 is 0 Å². The smallest absolute Gasteiger partial charge is 0.125 e. The lowest BCUT2D eigenvalue weighted by molar-refractivity contribution is 0.344. The van der Waals surface area contributed by atoms with Gasteiger partial charge in [-0.1, -0.05) is 6.07 Å². The lowest BCUT2D eigenvalue weighted by atomic mass is 10.1. The molecule has 0 aliphatic carbocycles. The van der Waals surface area contributed by atoms with Crippen molar-refractivity contribution in [2.24, 2.45) is 0 Å². The van der Waals surface area contributed by atoms with Crippen LogP contribution in [0.25, 0.3) is 10.9 Å². The zero-order valence-electron chi connectivity index (χ0n) is 11.4. The van der Waals surface area contributed by atoms with Crippen molar-refractivity contribution in [3.05, 3.63) is 30.0 Å². The van der Waals surface area contributed by atoms with Crippen LogP contribution < -0.4 is 0 Å². The zero-order chi connectivity index (χ0) is 13.7. The molecule has 4 nitrogen and oxygen atoms in total. The molecule has 3 rings (SSSR count). The summed E-state index contributed by atoms with van der Waals surface area (Å²) in [5.41, 5.74) is 2.26. The van der Waals surface area contributed by atoms with Crippen LogP contribution in [-0.2, 0) is 6.42 Å². The summed E-state index contributed by atoms with van der Waals surface area (Å²) in [7, 11) is 1.00. The zero-order valence-corrected chi connectivity index (χ0v) is 11.4. The van der Waals surface area contributed by atoms with Gasteiger partial charge in [-0.3, -0.25) is 0 Å². The Balaban J connectivity index is 0.000000637. The van der Waals surface area contributed by atoms with E-state index in [1.54, 1.807) is 6.07 Å². The maximum Gasteiger partial charge on any atom is 0.125 e. The predicted octanol–water partition coefficient (Wildman–Crippen LogP) is 2.12. The minimum absolute atomic E-state index is 0.389. The third-order valence-corrected chi connectivity index (χ3v) is 3.66. The molecule has 0 radical (unpaired) electrons. The molecule has 3 N–H and O–H groups in total. The number of nitrogens with one attached hydrogen (secondary N) is 1. The Morgan fingerprint density at radius 3 is 2.68 bits per heavy atom. The van der Waals surface area contributed by atoms with Crippen molar-refractivity contribution in [2.75, 3.05) is 26.7 Å². The third-order valence-electron chi connectivity index (χ3n) is 3.66. The average molecular weight is 262 g/mol. The number of fused-ring (bicyclic) bond motifs is 1. The third kappa shape index (κ3) is 3.08. The number of H-pyrrole nitrogens is 1. The summed E-state index contributed by atoms with van der Waals surface area (Å²) in [6.07, 6.45) is 5.70. The van der Waals surface area contributed by atoms with Crippen molar-refractivity contribution >= 4 is 10.9 Å². The number of benzene rings is 1. The van der Waals surface area contributed by atoms with E-state index in [0.29, 0.717) is 5.75 Å². The molecule has 1 aromatic heterocycles. The number of aromatic hydroxyl groups is 1. The number of aliphatic hydroxyl groups excluding tert-OH is 1.